The minimum Gasteiger partial charge on any atom is -0.460 e. The molecule has 2 saturated carbocycles. The van der Waals surface area contributed by atoms with Gasteiger partial charge in [0.25, 0.3) is 0 Å². The van der Waals surface area contributed by atoms with Crippen molar-refractivity contribution < 1.29 is 9.53 Å². The van der Waals surface area contributed by atoms with Crippen LogP contribution in [0.25, 0.3) is 0 Å². The quantitative estimate of drug-likeness (QED) is 0.706. The minimum atomic E-state index is -0.344. The van der Waals surface area contributed by atoms with Gasteiger partial charge in [-0.15, -0.1) is 0 Å². The molecule has 0 aromatic carbocycles. The third kappa shape index (κ3) is 3.14. The summed E-state index contributed by atoms with van der Waals surface area (Å²) in [4.78, 5) is 12.3. The molecule has 0 spiro atoms. The number of hydrogen-bond acceptors (Lipinski definition) is 2. The Labute approximate surface area is 118 Å². The second-order valence-corrected chi connectivity index (χ2v) is 7.60. The fraction of sp³-hybridized carbons (Fsp3) is 0.941. The largest absolute Gasteiger partial charge is 0.460 e. The van der Waals surface area contributed by atoms with E-state index >= 15 is 0 Å². The molecule has 2 aliphatic carbocycles. The summed E-state index contributed by atoms with van der Waals surface area (Å²) in [5.41, 5.74) is -0.344. The lowest BCUT2D eigenvalue weighted by Crippen LogP contribution is -2.28. The molecule has 0 aliphatic heterocycles. The van der Waals surface area contributed by atoms with Gasteiger partial charge in [0, 0.05) is 0 Å². The standard InChI is InChI=1S/C17H30O2/c1-6-11-8-12(7-2)15-10-13(9-14(11)15)16(18)19-17(3,4)5/h11-15H,6-10H2,1-5H3. The maximum atomic E-state index is 12.3. The number of ether oxygens (including phenoxy) is 1. The van der Waals surface area contributed by atoms with Crippen LogP contribution in [0.1, 0.15) is 66.7 Å². The van der Waals surface area contributed by atoms with Crippen LogP contribution in [0.3, 0.4) is 0 Å². The molecule has 0 saturated heterocycles. The van der Waals surface area contributed by atoms with E-state index in [0.717, 1.165) is 36.5 Å². The average Bonchev–Trinajstić information content (AvgIpc) is 2.84. The zero-order chi connectivity index (χ0) is 14.2. The van der Waals surface area contributed by atoms with Crippen LogP contribution in [-0.4, -0.2) is 11.6 Å². The highest BCUT2D eigenvalue weighted by Crippen LogP contribution is 2.55. The predicted molar refractivity (Wildman–Crippen MR) is 77.7 cm³/mol. The normalized spacial score (nSPS) is 38.3. The minimum absolute atomic E-state index is 0.0478. The molecule has 0 aromatic rings. The molecule has 2 nitrogen and oxygen atoms in total. The van der Waals surface area contributed by atoms with Crippen molar-refractivity contribution in [3.63, 3.8) is 0 Å². The second kappa shape index (κ2) is 5.46. The molecule has 0 bridgehead atoms. The van der Waals surface area contributed by atoms with Crippen molar-refractivity contribution in [2.24, 2.45) is 29.6 Å². The van der Waals surface area contributed by atoms with Gasteiger partial charge in [0.1, 0.15) is 5.60 Å². The topological polar surface area (TPSA) is 26.3 Å². The molecule has 0 aromatic heterocycles. The molecule has 2 fully saturated rings. The van der Waals surface area contributed by atoms with Crippen LogP contribution in [0, 0.1) is 29.6 Å². The number of rotatable bonds is 3. The number of esters is 1. The Bertz CT molecular complexity index is 311. The van der Waals surface area contributed by atoms with Crippen LogP contribution in [0.5, 0.6) is 0 Å². The van der Waals surface area contributed by atoms with Crippen molar-refractivity contribution in [3.05, 3.63) is 0 Å². The van der Waals surface area contributed by atoms with Gasteiger partial charge in [0.2, 0.25) is 0 Å². The van der Waals surface area contributed by atoms with E-state index in [0.29, 0.717) is 0 Å². The van der Waals surface area contributed by atoms with Gasteiger partial charge in [-0.25, -0.2) is 0 Å². The Balaban J connectivity index is 2.00. The summed E-state index contributed by atoms with van der Waals surface area (Å²) in [6, 6.07) is 0. The Kier molecular flexibility index (Phi) is 4.27. The number of fused-ring (bicyclic) bond motifs is 1. The molecule has 2 heteroatoms. The summed E-state index contributed by atoms with van der Waals surface area (Å²) >= 11 is 0. The molecule has 4 unspecified atom stereocenters. The third-order valence-electron chi connectivity index (χ3n) is 5.27. The number of carbonyl (C=O) groups excluding carboxylic acids is 1. The Morgan fingerprint density at radius 2 is 1.47 bits per heavy atom. The van der Waals surface area contributed by atoms with Crippen molar-refractivity contribution in [1.29, 1.82) is 0 Å². The molecule has 2 aliphatic rings. The zero-order valence-corrected chi connectivity index (χ0v) is 13.2. The van der Waals surface area contributed by atoms with Crippen molar-refractivity contribution in [3.8, 4) is 0 Å². The van der Waals surface area contributed by atoms with E-state index in [4.69, 9.17) is 4.74 Å². The van der Waals surface area contributed by atoms with Crippen LogP contribution >= 0.6 is 0 Å². The highest BCUT2D eigenvalue weighted by molar-refractivity contribution is 5.73. The summed E-state index contributed by atoms with van der Waals surface area (Å²) in [5.74, 6) is 3.48. The van der Waals surface area contributed by atoms with Gasteiger partial charge in [-0.05, 0) is 63.7 Å². The molecule has 4 atom stereocenters. The molecular formula is C17H30O2. The summed E-state index contributed by atoms with van der Waals surface area (Å²) in [5, 5.41) is 0. The van der Waals surface area contributed by atoms with Gasteiger partial charge in [-0.3, -0.25) is 4.79 Å². The van der Waals surface area contributed by atoms with E-state index in [2.05, 4.69) is 13.8 Å². The van der Waals surface area contributed by atoms with Crippen LogP contribution in [-0.2, 0) is 9.53 Å². The summed E-state index contributed by atoms with van der Waals surface area (Å²) in [7, 11) is 0. The molecular weight excluding hydrogens is 236 g/mol. The molecule has 2 rings (SSSR count). The van der Waals surface area contributed by atoms with Gasteiger partial charge < -0.3 is 4.74 Å². The summed E-state index contributed by atoms with van der Waals surface area (Å²) in [6.45, 7) is 10.5. The van der Waals surface area contributed by atoms with Crippen molar-refractivity contribution in [2.75, 3.05) is 0 Å². The first-order valence-corrected chi connectivity index (χ1v) is 8.08. The Morgan fingerprint density at radius 3 is 1.84 bits per heavy atom. The van der Waals surface area contributed by atoms with E-state index < -0.39 is 0 Å². The number of hydrogen-bond donors (Lipinski definition) is 0. The van der Waals surface area contributed by atoms with Crippen LogP contribution < -0.4 is 0 Å². The van der Waals surface area contributed by atoms with E-state index in [-0.39, 0.29) is 17.5 Å². The second-order valence-electron chi connectivity index (χ2n) is 7.60. The van der Waals surface area contributed by atoms with Crippen LogP contribution in [0.15, 0.2) is 0 Å². The fourth-order valence-corrected chi connectivity index (χ4v) is 4.44. The van der Waals surface area contributed by atoms with Gasteiger partial charge in [0.05, 0.1) is 5.92 Å². The van der Waals surface area contributed by atoms with Crippen LogP contribution in [0.2, 0.25) is 0 Å². The maximum absolute atomic E-state index is 12.3. The average molecular weight is 266 g/mol. The highest BCUT2D eigenvalue weighted by atomic mass is 16.6. The van der Waals surface area contributed by atoms with Crippen molar-refractivity contribution >= 4 is 5.97 Å². The van der Waals surface area contributed by atoms with Gasteiger partial charge in [-0.1, -0.05) is 26.7 Å². The highest BCUT2D eigenvalue weighted by Gasteiger charge is 2.49. The SMILES string of the molecule is CCC1CC(CC)C2CC(C(=O)OC(C)(C)C)CC12. The first-order chi connectivity index (χ1) is 8.85. The smallest absolute Gasteiger partial charge is 0.309 e. The summed E-state index contributed by atoms with van der Waals surface area (Å²) in [6.07, 6.45) is 6.10. The zero-order valence-electron chi connectivity index (χ0n) is 13.2. The lowest BCUT2D eigenvalue weighted by molar-refractivity contribution is -0.160. The van der Waals surface area contributed by atoms with Crippen molar-refractivity contribution in [1.82, 2.24) is 0 Å². The predicted octanol–water partition coefficient (Wildman–Crippen LogP) is 4.43. The van der Waals surface area contributed by atoms with Gasteiger partial charge in [-0.2, -0.15) is 0 Å². The maximum Gasteiger partial charge on any atom is 0.309 e. The van der Waals surface area contributed by atoms with E-state index in [1.807, 2.05) is 20.8 Å². The monoisotopic (exact) mass is 266 g/mol. The lowest BCUT2D eigenvalue weighted by atomic mass is 9.89. The molecule has 19 heavy (non-hydrogen) atoms. The molecule has 0 heterocycles. The van der Waals surface area contributed by atoms with Gasteiger partial charge >= 0.3 is 5.97 Å². The van der Waals surface area contributed by atoms with Gasteiger partial charge in [0.15, 0.2) is 0 Å². The lowest BCUT2D eigenvalue weighted by Gasteiger charge is -2.23. The van der Waals surface area contributed by atoms with E-state index in [1.165, 1.54) is 19.3 Å². The molecule has 0 radical (unpaired) electrons. The third-order valence-corrected chi connectivity index (χ3v) is 5.27. The molecule has 0 N–H and O–H groups in total. The fourth-order valence-electron chi connectivity index (χ4n) is 4.44. The van der Waals surface area contributed by atoms with Crippen LogP contribution in [0.4, 0.5) is 0 Å². The van der Waals surface area contributed by atoms with E-state index in [9.17, 15) is 4.79 Å². The Hall–Kier alpha value is -0.530. The Morgan fingerprint density at radius 1 is 1.00 bits per heavy atom. The molecule has 0 amide bonds. The van der Waals surface area contributed by atoms with Crippen molar-refractivity contribution in [2.45, 2.75) is 72.3 Å². The first-order valence-electron chi connectivity index (χ1n) is 8.08. The number of carbonyl (C=O) groups is 1. The molecule has 110 valence electrons. The first kappa shape index (κ1) is 14.9. The van der Waals surface area contributed by atoms with E-state index in [1.54, 1.807) is 0 Å². The summed E-state index contributed by atoms with van der Waals surface area (Å²) < 4.78 is 5.59.